The van der Waals surface area contributed by atoms with E-state index in [1.54, 1.807) is 6.08 Å². The first-order valence-electron chi connectivity index (χ1n) is 6.98. The monoisotopic (exact) mass is 238 g/mol. The van der Waals surface area contributed by atoms with Gasteiger partial charge in [-0.25, -0.2) is 4.39 Å². The van der Waals surface area contributed by atoms with Gasteiger partial charge in [-0.05, 0) is 38.5 Å². The van der Waals surface area contributed by atoms with Crippen LogP contribution in [-0.2, 0) is 0 Å². The van der Waals surface area contributed by atoms with Gasteiger partial charge in [0.05, 0.1) is 6.33 Å². The smallest absolute Gasteiger partial charge is 0.0827 e. The zero-order valence-electron chi connectivity index (χ0n) is 11.2. The van der Waals surface area contributed by atoms with Crippen LogP contribution in [0.4, 0.5) is 4.39 Å². The lowest BCUT2D eigenvalue weighted by atomic mass is 10.1. The van der Waals surface area contributed by atoms with Crippen molar-refractivity contribution in [2.24, 2.45) is 0 Å². The highest BCUT2D eigenvalue weighted by molar-refractivity contribution is 5.02. The summed E-state index contributed by atoms with van der Waals surface area (Å²) >= 11 is 0. The van der Waals surface area contributed by atoms with E-state index in [1.807, 2.05) is 0 Å². The normalized spacial score (nSPS) is 12.4. The fourth-order valence-electron chi connectivity index (χ4n) is 1.63. The first-order chi connectivity index (χ1) is 8.41. The molecule has 98 valence electrons. The van der Waals surface area contributed by atoms with Crippen LogP contribution in [0.5, 0.6) is 0 Å². The van der Waals surface area contributed by atoms with Gasteiger partial charge in [-0.1, -0.05) is 56.6 Å². The first kappa shape index (κ1) is 16.1. The predicted molar refractivity (Wildman–Crippen MR) is 75.8 cm³/mol. The summed E-state index contributed by atoms with van der Waals surface area (Å²) < 4.78 is 11.6. The summed E-state index contributed by atoms with van der Waals surface area (Å²) in [5.74, 6) is 0. The van der Waals surface area contributed by atoms with Gasteiger partial charge in [-0.2, -0.15) is 0 Å². The molecule has 0 saturated heterocycles. The number of rotatable bonds is 11. The van der Waals surface area contributed by atoms with Crippen molar-refractivity contribution >= 4 is 0 Å². The molecule has 0 aliphatic rings. The summed E-state index contributed by atoms with van der Waals surface area (Å²) in [6, 6.07) is 0. The topological polar surface area (TPSA) is 0 Å². The molecule has 0 amide bonds. The Kier molecular flexibility index (Phi) is 14.4. The van der Waals surface area contributed by atoms with Gasteiger partial charge in [0.15, 0.2) is 0 Å². The van der Waals surface area contributed by atoms with Crippen LogP contribution in [-0.4, -0.2) is 0 Å². The largest absolute Gasteiger partial charge is 0.216 e. The summed E-state index contributed by atoms with van der Waals surface area (Å²) in [6.07, 6.45) is 21.7. The highest BCUT2D eigenvalue weighted by atomic mass is 19.1. The lowest BCUT2D eigenvalue weighted by Gasteiger charge is -1.94. The van der Waals surface area contributed by atoms with Crippen LogP contribution in [0.3, 0.4) is 0 Å². The molecule has 0 atom stereocenters. The maximum atomic E-state index is 11.6. The van der Waals surface area contributed by atoms with Crippen LogP contribution in [0.15, 0.2) is 36.7 Å². The lowest BCUT2D eigenvalue weighted by molar-refractivity contribution is 0.676. The van der Waals surface area contributed by atoms with Gasteiger partial charge in [0.1, 0.15) is 0 Å². The van der Waals surface area contributed by atoms with Crippen molar-refractivity contribution in [1.82, 2.24) is 0 Å². The van der Waals surface area contributed by atoms with E-state index in [4.69, 9.17) is 0 Å². The summed E-state index contributed by atoms with van der Waals surface area (Å²) in [5.41, 5.74) is 0. The maximum absolute atomic E-state index is 11.6. The molecule has 0 bridgehead atoms. The second-order valence-electron chi connectivity index (χ2n) is 4.35. The van der Waals surface area contributed by atoms with E-state index >= 15 is 0 Å². The van der Waals surface area contributed by atoms with E-state index in [2.05, 4.69) is 31.2 Å². The van der Waals surface area contributed by atoms with Crippen molar-refractivity contribution in [3.8, 4) is 0 Å². The van der Waals surface area contributed by atoms with Gasteiger partial charge in [0, 0.05) is 0 Å². The summed E-state index contributed by atoms with van der Waals surface area (Å²) in [5, 5.41) is 0. The van der Waals surface area contributed by atoms with Gasteiger partial charge in [0.2, 0.25) is 0 Å². The summed E-state index contributed by atoms with van der Waals surface area (Å²) in [6.45, 7) is 2.23. The Balaban J connectivity index is 3.19. The molecule has 0 nitrogen and oxygen atoms in total. The van der Waals surface area contributed by atoms with Crippen LogP contribution in [0.2, 0.25) is 0 Å². The van der Waals surface area contributed by atoms with Crippen molar-refractivity contribution in [2.75, 3.05) is 0 Å². The zero-order valence-corrected chi connectivity index (χ0v) is 11.2. The predicted octanol–water partition coefficient (Wildman–Crippen LogP) is 6.11. The van der Waals surface area contributed by atoms with E-state index in [1.165, 1.54) is 38.5 Å². The second-order valence-corrected chi connectivity index (χ2v) is 4.35. The number of unbranched alkanes of at least 4 members (excludes halogenated alkanes) is 7. The van der Waals surface area contributed by atoms with Crippen LogP contribution in [0.1, 0.15) is 64.7 Å². The lowest BCUT2D eigenvalue weighted by Crippen LogP contribution is -1.74. The summed E-state index contributed by atoms with van der Waals surface area (Å²) in [4.78, 5) is 0. The Morgan fingerprint density at radius 2 is 1.24 bits per heavy atom. The van der Waals surface area contributed by atoms with Crippen molar-refractivity contribution in [1.29, 1.82) is 0 Å². The van der Waals surface area contributed by atoms with Gasteiger partial charge in [0.25, 0.3) is 0 Å². The Morgan fingerprint density at radius 3 is 1.76 bits per heavy atom. The molecule has 0 rings (SSSR count). The molecular formula is C16H27F. The number of hydrogen-bond donors (Lipinski definition) is 0. The molecular weight excluding hydrogens is 211 g/mol. The Labute approximate surface area is 106 Å². The molecule has 0 spiro atoms. The summed E-state index contributed by atoms with van der Waals surface area (Å²) in [7, 11) is 0. The van der Waals surface area contributed by atoms with E-state index in [0.29, 0.717) is 6.33 Å². The van der Waals surface area contributed by atoms with Crippen LogP contribution in [0.25, 0.3) is 0 Å². The van der Waals surface area contributed by atoms with Crippen LogP contribution < -0.4 is 0 Å². The Morgan fingerprint density at radius 1 is 0.706 bits per heavy atom. The van der Waals surface area contributed by atoms with E-state index in [9.17, 15) is 4.39 Å². The quantitative estimate of drug-likeness (QED) is 0.301. The average Bonchev–Trinajstić information content (AvgIpc) is 2.35. The molecule has 0 aliphatic heterocycles. The van der Waals surface area contributed by atoms with Crippen LogP contribution >= 0.6 is 0 Å². The highest BCUT2D eigenvalue weighted by Gasteiger charge is 1.85. The minimum absolute atomic E-state index is 0.642. The molecule has 0 unspecified atom stereocenters. The van der Waals surface area contributed by atoms with Gasteiger partial charge in [-0.3, -0.25) is 0 Å². The molecule has 1 heteroatoms. The molecule has 0 radical (unpaired) electrons. The minimum Gasteiger partial charge on any atom is -0.216 e. The maximum Gasteiger partial charge on any atom is 0.0827 e. The molecule has 0 aromatic rings. The Bertz CT molecular complexity index is 214. The van der Waals surface area contributed by atoms with Gasteiger partial charge >= 0.3 is 0 Å². The van der Waals surface area contributed by atoms with E-state index < -0.39 is 0 Å². The van der Waals surface area contributed by atoms with E-state index in [-0.39, 0.29) is 0 Å². The average molecular weight is 238 g/mol. The fraction of sp³-hybridized carbons (Fsp3) is 0.625. The van der Waals surface area contributed by atoms with Gasteiger partial charge in [-0.15, -0.1) is 0 Å². The molecule has 0 fully saturated rings. The molecule has 0 aromatic carbocycles. The molecule has 0 N–H and O–H groups in total. The fourth-order valence-corrected chi connectivity index (χ4v) is 1.63. The third-order valence-electron chi connectivity index (χ3n) is 2.69. The standard InChI is InChI=1S/C16H27F/c1-2-3-4-5-6-7-8-9-10-11-12-13-14-15-16-17/h6-9,15-16H,2-5,10-14H2,1H3. The number of hydrogen-bond acceptors (Lipinski definition) is 0. The SMILES string of the molecule is CCCCCC=CC=CCCCCCC=CF. The first-order valence-corrected chi connectivity index (χ1v) is 6.98. The van der Waals surface area contributed by atoms with Crippen molar-refractivity contribution in [3.05, 3.63) is 36.7 Å². The third-order valence-corrected chi connectivity index (χ3v) is 2.69. The minimum atomic E-state index is 0.642. The third kappa shape index (κ3) is 15.1. The number of allylic oxidation sites excluding steroid dienone is 5. The van der Waals surface area contributed by atoms with Crippen molar-refractivity contribution in [3.63, 3.8) is 0 Å². The van der Waals surface area contributed by atoms with E-state index in [0.717, 1.165) is 19.3 Å². The van der Waals surface area contributed by atoms with Crippen molar-refractivity contribution < 1.29 is 4.39 Å². The molecule has 0 aromatic heterocycles. The highest BCUT2D eigenvalue weighted by Crippen LogP contribution is 2.04. The van der Waals surface area contributed by atoms with Crippen LogP contribution in [0, 0.1) is 0 Å². The molecule has 0 aliphatic carbocycles. The molecule has 17 heavy (non-hydrogen) atoms. The zero-order chi connectivity index (χ0) is 12.6. The molecule has 0 saturated carbocycles. The Hall–Kier alpha value is -0.850. The second kappa shape index (κ2) is 15.1. The van der Waals surface area contributed by atoms with Gasteiger partial charge < -0.3 is 0 Å². The van der Waals surface area contributed by atoms with Crippen molar-refractivity contribution in [2.45, 2.75) is 64.7 Å². The number of halogens is 1. The molecule has 0 heterocycles.